The summed E-state index contributed by atoms with van der Waals surface area (Å²) in [5.74, 6) is -0.292. The van der Waals surface area contributed by atoms with Gasteiger partial charge in [0.2, 0.25) is 5.91 Å². The molecular formula is C28H25F3N4O2. The quantitative estimate of drug-likeness (QED) is 0.334. The second-order valence-electron chi connectivity index (χ2n) is 9.24. The number of hydrogen-bond donors (Lipinski definition) is 2. The van der Waals surface area contributed by atoms with E-state index in [1.807, 2.05) is 12.1 Å². The Hall–Kier alpha value is -4.14. The molecule has 0 spiro atoms. The second kappa shape index (κ2) is 10.1. The molecule has 1 aliphatic carbocycles. The number of hydrogen-bond acceptors (Lipinski definition) is 3. The Morgan fingerprint density at radius 1 is 0.946 bits per heavy atom. The van der Waals surface area contributed by atoms with E-state index >= 15 is 0 Å². The number of anilines is 1. The van der Waals surface area contributed by atoms with Crippen LogP contribution in [0.1, 0.15) is 46.4 Å². The predicted molar refractivity (Wildman–Crippen MR) is 134 cm³/mol. The molecule has 37 heavy (non-hydrogen) atoms. The van der Waals surface area contributed by atoms with Crippen LogP contribution in [-0.2, 0) is 24.1 Å². The number of pyridine rings is 1. The monoisotopic (exact) mass is 506 g/mol. The Bertz CT molecular complexity index is 1430. The van der Waals surface area contributed by atoms with Gasteiger partial charge < -0.3 is 15.2 Å². The van der Waals surface area contributed by atoms with Gasteiger partial charge in [-0.15, -0.1) is 0 Å². The highest BCUT2D eigenvalue weighted by Gasteiger charge is 2.30. The van der Waals surface area contributed by atoms with Gasteiger partial charge in [-0.05, 0) is 72.5 Å². The van der Waals surface area contributed by atoms with E-state index < -0.39 is 11.7 Å². The normalized spacial score (nSPS) is 13.8. The molecule has 2 amide bonds. The van der Waals surface area contributed by atoms with E-state index in [0.29, 0.717) is 23.5 Å². The number of halogens is 3. The molecule has 190 valence electrons. The molecule has 2 aromatic heterocycles. The Balaban J connectivity index is 1.45. The van der Waals surface area contributed by atoms with Crippen LogP contribution in [0.25, 0.3) is 10.9 Å². The average molecular weight is 507 g/mol. The van der Waals surface area contributed by atoms with Crippen LogP contribution in [0.2, 0.25) is 0 Å². The molecule has 0 aliphatic heterocycles. The Morgan fingerprint density at radius 2 is 1.68 bits per heavy atom. The van der Waals surface area contributed by atoms with E-state index in [0.717, 1.165) is 47.9 Å². The lowest BCUT2D eigenvalue weighted by molar-refractivity contribution is -0.137. The summed E-state index contributed by atoms with van der Waals surface area (Å²) < 4.78 is 40.8. The molecule has 0 atom stereocenters. The fraction of sp³-hybridized carbons (Fsp3) is 0.250. The number of fused-ring (bicyclic) bond motifs is 1. The third kappa shape index (κ3) is 5.50. The molecule has 4 aromatic rings. The van der Waals surface area contributed by atoms with Crippen LogP contribution in [0, 0.1) is 5.92 Å². The highest BCUT2D eigenvalue weighted by Crippen LogP contribution is 2.31. The third-order valence-electron chi connectivity index (χ3n) is 6.70. The summed E-state index contributed by atoms with van der Waals surface area (Å²) in [5, 5.41) is 6.59. The highest BCUT2D eigenvalue weighted by molar-refractivity contribution is 6.01. The average Bonchev–Trinajstić information content (AvgIpc) is 3.19. The first-order chi connectivity index (χ1) is 17.8. The first-order valence-electron chi connectivity index (χ1n) is 12.1. The van der Waals surface area contributed by atoms with Crippen LogP contribution in [-0.4, -0.2) is 21.4 Å². The molecule has 0 radical (unpaired) electrons. The van der Waals surface area contributed by atoms with Crippen molar-refractivity contribution < 1.29 is 22.8 Å². The fourth-order valence-electron chi connectivity index (χ4n) is 4.38. The van der Waals surface area contributed by atoms with Crippen molar-refractivity contribution >= 4 is 28.4 Å². The van der Waals surface area contributed by atoms with Crippen LogP contribution in [0.3, 0.4) is 0 Å². The molecule has 0 saturated heterocycles. The summed E-state index contributed by atoms with van der Waals surface area (Å²) in [6.07, 6.45) is 1.70. The van der Waals surface area contributed by atoms with E-state index in [4.69, 9.17) is 0 Å². The van der Waals surface area contributed by atoms with Gasteiger partial charge in [0.1, 0.15) is 5.69 Å². The van der Waals surface area contributed by atoms with Gasteiger partial charge in [0.05, 0.1) is 5.56 Å². The molecule has 1 saturated carbocycles. The van der Waals surface area contributed by atoms with E-state index in [1.54, 1.807) is 41.2 Å². The Labute approximate surface area is 211 Å². The Kier molecular flexibility index (Phi) is 6.69. The van der Waals surface area contributed by atoms with Gasteiger partial charge in [0.15, 0.2) is 0 Å². The molecular weight excluding hydrogens is 481 g/mol. The van der Waals surface area contributed by atoms with Crippen molar-refractivity contribution in [2.24, 2.45) is 5.92 Å². The van der Waals surface area contributed by atoms with Gasteiger partial charge in [0, 0.05) is 48.0 Å². The van der Waals surface area contributed by atoms with Gasteiger partial charge in [-0.25, -0.2) is 0 Å². The molecule has 0 unspecified atom stereocenters. The topological polar surface area (TPSA) is 76.0 Å². The standard InChI is InChI=1S/C28H25F3N4O2/c29-28(30,31)22-6-4-19(5-7-22)17-35-24-9-8-23(34-26(36)20-2-1-3-20)14-21(24)15-25(35)27(37)33-16-18-10-12-32-13-11-18/h4-15,20H,1-3,16-17H2,(H,33,37)(H,34,36). The summed E-state index contributed by atoms with van der Waals surface area (Å²) >= 11 is 0. The maximum atomic E-state index is 13.2. The lowest BCUT2D eigenvalue weighted by Gasteiger charge is -2.24. The molecule has 2 heterocycles. The van der Waals surface area contributed by atoms with Crippen LogP contribution < -0.4 is 10.6 Å². The number of rotatable bonds is 7. The van der Waals surface area contributed by atoms with Gasteiger partial charge in [0.25, 0.3) is 5.91 Å². The van der Waals surface area contributed by atoms with Crippen molar-refractivity contribution in [3.05, 3.63) is 95.4 Å². The third-order valence-corrected chi connectivity index (χ3v) is 6.70. The van der Waals surface area contributed by atoms with Crippen molar-refractivity contribution in [3.63, 3.8) is 0 Å². The molecule has 0 bridgehead atoms. The predicted octanol–water partition coefficient (Wildman–Crippen LogP) is 5.77. The molecule has 9 heteroatoms. The summed E-state index contributed by atoms with van der Waals surface area (Å²) in [4.78, 5) is 29.6. The van der Waals surface area contributed by atoms with E-state index in [2.05, 4.69) is 15.6 Å². The number of benzene rings is 2. The minimum Gasteiger partial charge on any atom is -0.347 e. The highest BCUT2D eigenvalue weighted by atomic mass is 19.4. The summed E-state index contributed by atoms with van der Waals surface area (Å²) in [6, 6.07) is 15.7. The lowest BCUT2D eigenvalue weighted by Crippen LogP contribution is -2.27. The second-order valence-corrected chi connectivity index (χ2v) is 9.24. The number of carbonyl (C=O) groups is 2. The Morgan fingerprint density at radius 3 is 2.32 bits per heavy atom. The summed E-state index contributed by atoms with van der Waals surface area (Å²) in [7, 11) is 0. The zero-order valence-electron chi connectivity index (χ0n) is 19.9. The lowest BCUT2D eigenvalue weighted by atomic mass is 9.85. The van der Waals surface area contributed by atoms with Crippen LogP contribution >= 0.6 is 0 Å². The maximum absolute atomic E-state index is 13.2. The molecule has 2 N–H and O–H groups in total. The zero-order valence-corrected chi connectivity index (χ0v) is 19.9. The first kappa shape index (κ1) is 24.5. The van der Waals surface area contributed by atoms with Crippen LogP contribution in [0.5, 0.6) is 0 Å². The van der Waals surface area contributed by atoms with E-state index in [-0.39, 0.29) is 24.3 Å². The van der Waals surface area contributed by atoms with Gasteiger partial charge in [-0.3, -0.25) is 14.6 Å². The fourth-order valence-corrected chi connectivity index (χ4v) is 4.38. The van der Waals surface area contributed by atoms with Crippen molar-refractivity contribution in [2.75, 3.05) is 5.32 Å². The number of nitrogens with zero attached hydrogens (tertiary/aromatic N) is 2. The molecule has 6 nitrogen and oxygen atoms in total. The number of alkyl halides is 3. The minimum absolute atomic E-state index is 0.00916. The smallest absolute Gasteiger partial charge is 0.347 e. The van der Waals surface area contributed by atoms with Gasteiger partial charge in [-0.2, -0.15) is 13.2 Å². The maximum Gasteiger partial charge on any atom is 0.416 e. The van der Waals surface area contributed by atoms with Crippen LogP contribution in [0.4, 0.5) is 18.9 Å². The van der Waals surface area contributed by atoms with Gasteiger partial charge >= 0.3 is 6.18 Å². The van der Waals surface area contributed by atoms with Gasteiger partial charge in [-0.1, -0.05) is 18.6 Å². The largest absolute Gasteiger partial charge is 0.416 e. The first-order valence-corrected chi connectivity index (χ1v) is 12.1. The minimum atomic E-state index is -4.42. The molecule has 5 rings (SSSR count). The summed E-state index contributed by atoms with van der Waals surface area (Å²) in [5.41, 5.74) is 2.52. The number of aromatic nitrogens is 2. The van der Waals surface area contributed by atoms with Crippen LogP contribution in [0.15, 0.2) is 73.1 Å². The van der Waals surface area contributed by atoms with Crippen molar-refractivity contribution in [2.45, 2.75) is 38.5 Å². The SMILES string of the molecule is O=C(NCc1ccncc1)c1cc2cc(NC(=O)C3CCC3)ccc2n1Cc1ccc(C(F)(F)F)cc1. The molecule has 1 aliphatic rings. The van der Waals surface area contributed by atoms with Crippen molar-refractivity contribution in [1.29, 1.82) is 0 Å². The van der Waals surface area contributed by atoms with Crippen molar-refractivity contribution in [1.82, 2.24) is 14.9 Å². The number of nitrogens with one attached hydrogen (secondary N) is 2. The molecule has 1 fully saturated rings. The van der Waals surface area contributed by atoms with Crippen molar-refractivity contribution in [3.8, 4) is 0 Å². The number of amides is 2. The molecule has 2 aromatic carbocycles. The zero-order chi connectivity index (χ0) is 26.0. The van der Waals surface area contributed by atoms with E-state index in [1.165, 1.54) is 12.1 Å². The summed E-state index contributed by atoms with van der Waals surface area (Å²) in [6.45, 7) is 0.499. The van der Waals surface area contributed by atoms with E-state index in [9.17, 15) is 22.8 Å². The number of carbonyl (C=O) groups excluding carboxylic acids is 2.